The number of piperidine rings is 1. The zero-order valence-corrected chi connectivity index (χ0v) is 22.4. The maximum Gasteiger partial charge on any atom is 0.233 e. The minimum Gasteiger partial charge on any atom is -0.494 e. The van der Waals surface area contributed by atoms with E-state index >= 15 is 0 Å². The van der Waals surface area contributed by atoms with Crippen molar-refractivity contribution in [3.8, 4) is 5.75 Å². The second-order valence-electron chi connectivity index (χ2n) is 10.6. The number of ether oxygens (including phenoxy) is 1. The molecule has 0 bridgehead atoms. The van der Waals surface area contributed by atoms with Crippen LogP contribution in [0, 0.1) is 18.7 Å². The van der Waals surface area contributed by atoms with Crippen molar-refractivity contribution in [3.05, 3.63) is 23.5 Å². The number of hydrogen-bond acceptors (Lipinski definition) is 7. The van der Waals surface area contributed by atoms with Crippen molar-refractivity contribution in [2.45, 2.75) is 71.3 Å². The Morgan fingerprint density at radius 1 is 0.944 bits per heavy atom. The smallest absolute Gasteiger partial charge is 0.233 e. The van der Waals surface area contributed by atoms with Gasteiger partial charge in [-0.15, -0.1) is 0 Å². The lowest BCUT2D eigenvalue weighted by atomic mass is 9.89. The quantitative estimate of drug-likeness (QED) is 0.372. The molecule has 8 nitrogen and oxygen atoms in total. The Kier molecular flexibility index (Phi) is 8.82. The molecule has 1 aromatic heterocycles. The van der Waals surface area contributed by atoms with Gasteiger partial charge >= 0.3 is 0 Å². The molecule has 1 aliphatic carbocycles. The Bertz CT molecular complexity index is 1010. The predicted molar refractivity (Wildman–Crippen MR) is 144 cm³/mol. The van der Waals surface area contributed by atoms with E-state index in [4.69, 9.17) is 9.72 Å². The zero-order chi connectivity index (χ0) is 25.5. The van der Waals surface area contributed by atoms with Gasteiger partial charge in [0.25, 0.3) is 0 Å². The third-order valence-electron chi connectivity index (χ3n) is 8.28. The number of benzene rings is 1. The Labute approximate surface area is 215 Å². The molecule has 2 heterocycles. The summed E-state index contributed by atoms with van der Waals surface area (Å²) in [4.78, 5) is 14.0. The predicted octanol–water partition coefficient (Wildman–Crippen LogP) is 5.49. The molecule has 36 heavy (non-hydrogen) atoms. The van der Waals surface area contributed by atoms with Gasteiger partial charge in [0.1, 0.15) is 6.04 Å². The van der Waals surface area contributed by atoms with E-state index in [2.05, 4.69) is 39.9 Å². The molecule has 2 aromatic rings. The molecule has 198 valence electrons. The largest absolute Gasteiger partial charge is 0.494 e. The van der Waals surface area contributed by atoms with E-state index in [-0.39, 0.29) is 11.6 Å². The molecule has 0 radical (unpaired) electrons. The topological polar surface area (TPSA) is 84.0 Å². The lowest BCUT2D eigenvalue weighted by Crippen LogP contribution is -2.57. The Hall–Kier alpha value is -2.68. The first-order chi connectivity index (χ1) is 17.4. The van der Waals surface area contributed by atoms with Gasteiger partial charge in [0.15, 0.2) is 11.6 Å². The van der Waals surface area contributed by atoms with Gasteiger partial charge in [0.2, 0.25) is 17.8 Å². The normalized spacial score (nSPS) is 22.8. The van der Waals surface area contributed by atoms with E-state index in [0.717, 1.165) is 24.1 Å². The molecule has 4 rings (SSSR count). The van der Waals surface area contributed by atoms with Crippen molar-refractivity contribution >= 4 is 23.5 Å². The van der Waals surface area contributed by atoms with E-state index in [9.17, 15) is 4.39 Å². The molecule has 1 aromatic carbocycles. The van der Waals surface area contributed by atoms with E-state index in [0.29, 0.717) is 41.1 Å². The Morgan fingerprint density at radius 3 is 2.31 bits per heavy atom. The summed E-state index contributed by atoms with van der Waals surface area (Å²) in [5.41, 5.74) is 1.06. The molecular weight excluding hydrogens is 457 g/mol. The zero-order valence-electron chi connectivity index (χ0n) is 22.4. The number of likely N-dealkylation sites (N-methyl/N-ethyl adjacent to an activating group) is 1. The van der Waals surface area contributed by atoms with E-state index in [1.807, 2.05) is 0 Å². The summed E-state index contributed by atoms with van der Waals surface area (Å²) in [6, 6.07) is 3.92. The van der Waals surface area contributed by atoms with Gasteiger partial charge in [-0.05, 0) is 57.6 Å². The highest BCUT2D eigenvalue weighted by atomic mass is 19.1. The molecule has 2 aliphatic rings. The van der Waals surface area contributed by atoms with Crippen molar-refractivity contribution in [2.75, 3.05) is 56.3 Å². The SMILES string of the molecule is CC[N+]1(C)CCCCC1CNc1nc(NCC2CCCCC2)nc(Nc2ccc(OC)c(F)c2C)n1. The third kappa shape index (κ3) is 6.35. The number of nitrogens with one attached hydrogen (secondary N) is 3. The number of likely N-dealkylation sites (tertiary alicyclic amines) is 1. The summed E-state index contributed by atoms with van der Waals surface area (Å²) >= 11 is 0. The van der Waals surface area contributed by atoms with Gasteiger partial charge in [-0.25, -0.2) is 4.39 Å². The lowest BCUT2D eigenvalue weighted by molar-refractivity contribution is -0.934. The summed E-state index contributed by atoms with van der Waals surface area (Å²) in [6.45, 7) is 7.98. The van der Waals surface area contributed by atoms with Crippen molar-refractivity contribution in [1.29, 1.82) is 0 Å². The summed E-state index contributed by atoms with van der Waals surface area (Å²) in [5, 5.41) is 10.2. The fraction of sp³-hybridized carbons (Fsp3) is 0.667. The maximum atomic E-state index is 14.6. The molecule has 0 amide bonds. The molecular formula is C27H43FN7O+. The number of aromatic nitrogens is 3. The third-order valence-corrected chi connectivity index (χ3v) is 8.28. The maximum absolute atomic E-state index is 14.6. The summed E-state index contributed by atoms with van der Waals surface area (Å²) in [5.74, 6) is 1.95. The molecule has 2 unspecified atom stereocenters. The van der Waals surface area contributed by atoms with Crippen LogP contribution in [0.4, 0.5) is 27.9 Å². The molecule has 9 heteroatoms. The van der Waals surface area contributed by atoms with Gasteiger partial charge in [0, 0.05) is 24.2 Å². The number of quaternary nitrogens is 1. The summed E-state index contributed by atoms with van der Waals surface area (Å²) in [7, 11) is 3.82. The Balaban J connectivity index is 1.53. The van der Waals surface area contributed by atoms with E-state index in [1.165, 1.54) is 65.0 Å². The monoisotopic (exact) mass is 500 g/mol. The van der Waals surface area contributed by atoms with Crippen LogP contribution in [0.2, 0.25) is 0 Å². The van der Waals surface area contributed by atoms with Gasteiger partial charge in [0.05, 0.1) is 33.8 Å². The number of anilines is 4. The fourth-order valence-electron chi connectivity index (χ4n) is 5.59. The summed E-state index contributed by atoms with van der Waals surface area (Å²) < 4.78 is 20.8. The lowest BCUT2D eigenvalue weighted by Gasteiger charge is -2.44. The second-order valence-corrected chi connectivity index (χ2v) is 10.6. The molecule has 1 saturated carbocycles. The minimum absolute atomic E-state index is 0.218. The van der Waals surface area contributed by atoms with Crippen LogP contribution in [0.3, 0.4) is 0 Å². The minimum atomic E-state index is -0.389. The first-order valence-electron chi connectivity index (χ1n) is 13.6. The Morgan fingerprint density at radius 2 is 1.61 bits per heavy atom. The van der Waals surface area contributed by atoms with Gasteiger partial charge in [-0.2, -0.15) is 15.0 Å². The van der Waals surface area contributed by atoms with Gasteiger partial charge in [-0.3, -0.25) is 0 Å². The molecule has 2 atom stereocenters. The van der Waals surface area contributed by atoms with Crippen LogP contribution in [-0.2, 0) is 0 Å². The summed E-state index contributed by atoms with van der Waals surface area (Å²) in [6.07, 6.45) is 10.2. The van der Waals surface area contributed by atoms with Crippen LogP contribution >= 0.6 is 0 Å². The average molecular weight is 501 g/mol. The molecule has 0 spiro atoms. The number of methoxy groups -OCH3 is 1. The number of hydrogen-bond donors (Lipinski definition) is 3. The highest BCUT2D eigenvalue weighted by molar-refractivity contribution is 5.61. The molecule has 1 saturated heterocycles. The highest BCUT2D eigenvalue weighted by Crippen LogP contribution is 2.29. The van der Waals surface area contributed by atoms with Crippen LogP contribution in [0.1, 0.15) is 63.9 Å². The van der Waals surface area contributed by atoms with E-state index < -0.39 is 0 Å². The van der Waals surface area contributed by atoms with E-state index in [1.54, 1.807) is 19.1 Å². The standard InChI is InChI=1S/C27H43FN7O/c1-5-35(3)16-10-9-13-21(35)18-30-26-32-25(29-17-20-11-7-6-8-12-20)33-27(34-26)31-22-14-15-23(36-4)24(28)19(22)2/h14-15,20-21H,5-13,16-18H2,1-4H3,(H3,29,30,31,32,33,34)/q+1. The number of halogens is 1. The molecule has 2 fully saturated rings. The van der Waals surface area contributed by atoms with Crippen LogP contribution < -0.4 is 20.7 Å². The average Bonchev–Trinajstić information content (AvgIpc) is 2.90. The highest BCUT2D eigenvalue weighted by Gasteiger charge is 2.33. The number of nitrogens with zero attached hydrogens (tertiary/aromatic N) is 4. The van der Waals surface area contributed by atoms with Gasteiger partial charge < -0.3 is 25.2 Å². The van der Waals surface area contributed by atoms with Crippen LogP contribution in [-0.4, -0.2) is 65.8 Å². The molecule has 3 N–H and O–H groups in total. The fourth-order valence-corrected chi connectivity index (χ4v) is 5.59. The first kappa shape index (κ1) is 26.4. The van der Waals surface area contributed by atoms with Crippen LogP contribution in [0.5, 0.6) is 5.75 Å². The van der Waals surface area contributed by atoms with Crippen molar-refractivity contribution in [3.63, 3.8) is 0 Å². The first-order valence-corrected chi connectivity index (χ1v) is 13.6. The molecule has 1 aliphatic heterocycles. The van der Waals surface area contributed by atoms with Crippen molar-refractivity contribution in [2.24, 2.45) is 5.92 Å². The second kappa shape index (κ2) is 12.0. The van der Waals surface area contributed by atoms with Crippen LogP contribution in [0.25, 0.3) is 0 Å². The van der Waals surface area contributed by atoms with Crippen molar-refractivity contribution in [1.82, 2.24) is 15.0 Å². The number of rotatable bonds is 10. The van der Waals surface area contributed by atoms with Crippen LogP contribution in [0.15, 0.2) is 12.1 Å². The van der Waals surface area contributed by atoms with Crippen molar-refractivity contribution < 1.29 is 13.6 Å². The van der Waals surface area contributed by atoms with Gasteiger partial charge in [-0.1, -0.05) is 19.3 Å².